The highest BCUT2D eigenvalue weighted by Crippen LogP contribution is 2.05. The lowest BCUT2D eigenvalue weighted by molar-refractivity contribution is 0.829. The van der Waals surface area contributed by atoms with Gasteiger partial charge in [-0.15, -0.1) is 10.2 Å². The predicted molar refractivity (Wildman–Crippen MR) is 47.8 cm³/mol. The molecule has 0 fully saturated rings. The topological polar surface area (TPSA) is 74.5 Å². The third-order valence-electron chi connectivity index (χ3n) is 1.68. The van der Waals surface area contributed by atoms with E-state index in [0.29, 0.717) is 0 Å². The summed E-state index contributed by atoms with van der Waals surface area (Å²) in [6.07, 6.45) is 3.38. The molecule has 1 aromatic rings. The highest BCUT2D eigenvalue weighted by molar-refractivity contribution is 5.30. The number of hydrogen-bond donors (Lipinski definition) is 1. The van der Waals surface area contributed by atoms with Crippen molar-refractivity contribution in [3.05, 3.63) is 11.4 Å². The van der Waals surface area contributed by atoms with Crippen molar-refractivity contribution >= 4 is 5.95 Å². The van der Waals surface area contributed by atoms with Gasteiger partial charge in [-0.2, -0.15) is 5.26 Å². The molecule has 0 aromatic carbocycles. The largest absolute Gasteiger partial charge is 0.259 e. The van der Waals surface area contributed by atoms with Crippen LogP contribution >= 0.6 is 0 Å². The van der Waals surface area contributed by atoms with Gasteiger partial charge in [0.25, 0.3) is 5.95 Å². The van der Waals surface area contributed by atoms with Gasteiger partial charge in [-0.1, -0.05) is 13.8 Å². The van der Waals surface area contributed by atoms with Crippen LogP contribution in [0.5, 0.6) is 0 Å². The highest BCUT2D eigenvalue weighted by atomic mass is 15.2. The number of aromatic nitrogens is 3. The Morgan fingerprint density at radius 2 is 1.92 bits per heavy atom. The van der Waals surface area contributed by atoms with E-state index < -0.39 is 0 Å². The average molecular weight is 177 g/mol. The molecule has 1 aromatic heterocycles. The monoisotopic (exact) mass is 177 g/mol. The Morgan fingerprint density at radius 3 is 2.46 bits per heavy atom. The van der Waals surface area contributed by atoms with Crippen molar-refractivity contribution in [1.29, 1.82) is 5.26 Å². The van der Waals surface area contributed by atoms with E-state index in [-0.39, 0.29) is 5.95 Å². The molecule has 0 atom stereocenters. The summed E-state index contributed by atoms with van der Waals surface area (Å²) in [5, 5.41) is 18.4. The van der Waals surface area contributed by atoms with Crippen molar-refractivity contribution in [2.24, 2.45) is 0 Å². The number of nitriles is 1. The lowest BCUT2D eigenvalue weighted by Gasteiger charge is -2.02. The summed E-state index contributed by atoms with van der Waals surface area (Å²) in [5.74, 6) is 0.275. The Balaban J connectivity index is 3.00. The van der Waals surface area contributed by atoms with Crippen LogP contribution in [-0.4, -0.2) is 15.2 Å². The van der Waals surface area contributed by atoms with E-state index in [2.05, 4.69) is 20.5 Å². The maximum Gasteiger partial charge on any atom is 0.256 e. The van der Waals surface area contributed by atoms with Crippen molar-refractivity contribution in [3.63, 3.8) is 0 Å². The SMILES string of the molecule is CCc1nnc(NC#N)nc1CC. The van der Waals surface area contributed by atoms with Crippen molar-refractivity contribution < 1.29 is 0 Å². The summed E-state index contributed by atoms with van der Waals surface area (Å²) in [5.41, 5.74) is 1.79. The average Bonchev–Trinajstić information content (AvgIpc) is 2.18. The molecule has 13 heavy (non-hydrogen) atoms. The lowest BCUT2D eigenvalue weighted by Crippen LogP contribution is -2.06. The van der Waals surface area contributed by atoms with Crippen LogP contribution in [0, 0.1) is 11.5 Å². The fourth-order valence-corrected chi connectivity index (χ4v) is 1.04. The Labute approximate surface area is 76.8 Å². The van der Waals surface area contributed by atoms with Crippen LogP contribution in [0.25, 0.3) is 0 Å². The molecule has 0 unspecified atom stereocenters. The van der Waals surface area contributed by atoms with Gasteiger partial charge in [-0.05, 0) is 12.8 Å². The van der Waals surface area contributed by atoms with Crippen molar-refractivity contribution in [1.82, 2.24) is 15.2 Å². The third kappa shape index (κ3) is 2.12. The number of nitrogens with zero attached hydrogens (tertiary/aromatic N) is 4. The van der Waals surface area contributed by atoms with Gasteiger partial charge in [0.2, 0.25) is 0 Å². The molecule has 0 saturated heterocycles. The molecule has 68 valence electrons. The van der Waals surface area contributed by atoms with Gasteiger partial charge >= 0.3 is 0 Å². The summed E-state index contributed by atoms with van der Waals surface area (Å²) in [6.45, 7) is 4.00. The first-order chi connectivity index (χ1) is 6.31. The lowest BCUT2D eigenvalue weighted by atomic mass is 10.2. The molecule has 5 nitrogen and oxygen atoms in total. The van der Waals surface area contributed by atoms with Gasteiger partial charge in [0.15, 0.2) is 6.19 Å². The minimum atomic E-state index is 0.275. The number of anilines is 1. The second kappa shape index (κ2) is 4.36. The summed E-state index contributed by atoms with van der Waals surface area (Å²) >= 11 is 0. The molecule has 0 amide bonds. The first kappa shape index (κ1) is 9.39. The van der Waals surface area contributed by atoms with Gasteiger partial charge in [0, 0.05) is 0 Å². The molecular formula is C8H11N5. The zero-order chi connectivity index (χ0) is 9.68. The quantitative estimate of drug-likeness (QED) is 0.548. The van der Waals surface area contributed by atoms with Gasteiger partial charge < -0.3 is 0 Å². The van der Waals surface area contributed by atoms with E-state index in [1.54, 1.807) is 6.19 Å². The van der Waals surface area contributed by atoms with Gasteiger partial charge in [-0.25, -0.2) is 4.98 Å². The van der Waals surface area contributed by atoms with Crippen LogP contribution < -0.4 is 5.32 Å². The molecule has 0 aliphatic heterocycles. The molecule has 5 heteroatoms. The first-order valence-electron chi connectivity index (χ1n) is 4.19. The molecule has 0 aliphatic rings. The first-order valence-corrected chi connectivity index (χ1v) is 4.19. The van der Waals surface area contributed by atoms with Crippen molar-refractivity contribution in [2.75, 3.05) is 5.32 Å². The number of nitrogens with one attached hydrogen (secondary N) is 1. The molecule has 0 spiro atoms. The second-order valence-corrected chi connectivity index (χ2v) is 2.47. The zero-order valence-corrected chi connectivity index (χ0v) is 7.70. The summed E-state index contributed by atoms with van der Waals surface area (Å²) in [4.78, 5) is 4.14. The molecule has 0 aliphatic carbocycles. The summed E-state index contributed by atoms with van der Waals surface area (Å²) in [7, 11) is 0. The van der Waals surface area contributed by atoms with Crippen LogP contribution in [0.1, 0.15) is 25.2 Å². The molecule has 0 radical (unpaired) electrons. The van der Waals surface area contributed by atoms with E-state index in [1.807, 2.05) is 13.8 Å². The van der Waals surface area contributed by atoms with Gasteiger partial charge in [-0.3, -0.25) is 5.32 Å². The van der Waals surface area contributed by atoms with Crippen LogP contribution in [0.3, 0.4) is 0 Å². The standard InChI is InChI=1S/C8H11N5/c1-3-6-7(4-2)12-13-8(11-6)10-5-9/h3-4H2,1-2H3,(H,10,11,13). The fourth-order valence-electron chi connectivity index (χ4n) is 1.04. The molecule has 0 bridgehead atoms. The molecule has 1 rings (SSSR count). The molecule has 1 heterocycles. The van der Waals surface area contributed by atoms with Crippen LogP contribution in [-0.2, 0) is 12.8 Å². The van der Waals surface area contributed by atoms with Crippen LogP contribution in [0.15, 0.2) is 0 Å². The van der Waals surface area contributed by atoms with E-state index in [0.717, 1.165) is 24.2 Å². The normalized spacial score (nSPS) is 9.31. The summed E-state index contributed by atoms with van der Waals surface area (Å²) in [6, 6.07) is 0. The smallest absolute Gasteiger partial charge is 0.256 e. The van der Waals surface area contributed by atoms with Crippen LogP contribution in [0.2, 0.25) is 0 Å². The minimum Gasteiger partial charge on any atom is -0.259 e. The summed E-state index contributed by atoms with van der Waals surface area (Å²) < 4.78 is 0. The molecule has 0 saturated carbocycles. The molecular weight excluding hydrogens is 166 g/mol. The van der Waals surface area contributed by atoms with Crippen molar-refractivity contribution in [3.8, 4) is 6.19 Å². The maximum absolute atomic E-state index is 8.34. The highest BCUT2D eigenvalue weighted by Gasteiger charge is 2.04. The Morgan fingerprint density at radius 1 is 1.23 bits per heavy atom. The Hall–Kier alpha value is -1.70. The van der Waals surface area contributed by atoms with E-state index in [1.165, 1.54) is 0 Å². The van der Waals surface area contributed by atoms with Gasteiger partial charge in [0.1, 0.15) is 0 Å². The van der Waals surface area contributed by atoms with Crippen LogP contribution in [0.4, 0.5) is 5.95 Å². The molecule has 1 N–H and O–H groups in total. The van der Waals surface area contributed by atoms with Gasteiger partial charge in [0.05, 0.1) is 11.4 Å². The van der Waals surface area contributed by atoms with E-state index >= 15 is 0 Å². The zero-order valence-electron chi connectivity index (χ0n) is 7.70. The fraction of sp³-hybridized carbons (Fsp3) is 0.500. The van der Waals surface area contributed by atoms with E-state index in [4.69, 9.17) is 5.26 Å². The number of aryl methyl sites for hydroxylation is 2. The third-order valence-corrected chi connectivity index (χ3v) is 1.68. The number of rotatable bonds is 3. The maximum atomic E-state index is 8.34. The minimum absolute atomic E-state index is 0.275. The van der Waals surface area contributed by atoms with Crippen molar-refractivity contribution in [2.45, 2.75) is 26.7 Å². The van der Waals surface area contributed by atoms with E-state index in [9.17, 15) is 0 Å². The predicted octanol–water partition coefficient (Wildman–Crippen LogP) is 0.889. The number of hydrogen-bond acceptors (Lipinski definition) is 5. The Kier molecular flexibility index (Phi) is 3.15. The second-order valence-electron chi connectivity index (χ2n) is 2.47. The Bertz CT molecular complexity index is 328.